The van der Waals surface area contributed by atoms with Gasteiger partial charge in [-0.25, -0.2) is 0 Å². The van der Waals surface area contributed by atoms with Gasteiger partial charge >= 0.3 is 6.18 Å². The van der Waals surface area contributed by atoms with Gasteiger partial charge in [-0.2, -0.15) is 13.2 Å². The molecule has 1 fully saturated rings. The Morgan fingerprint density at radius 1 is 1.31 bits per heavy atom. The van der Waals surface area contributed by atoms with Crippen molar-refractivity contribution in [2.45, 2.75) is 44.1 Å². The van der Waals surface area contributed by atoms with E-state index in [9.17, 15) is 13.2 Å². The van der Waals surface area contributed by atoms with E-state index in [0.29, 0.717) is 25.9 Å². The number of nitrogens with zero attached hydrogens (tertiary/aromatic N) is 1. The van der Waals surface area contributed by atoms with Crippen LogP contribution < -0.4 is 5.73 Å². The molecule has 6 heteroatoms. The molecule has 1 saturated heterocycles. The molecule has 1 aliphatic heterocycles. The highest BCUT2D eigenvalue weighted by Gasteiger charge is 2.46. The minimum Gasteiger partial charge on any atom is -0.381 e. The molecule has 1 heterocycles. The smallest absolute Gasteiger partial charge is 0.381 e. The summed E-state index contributed by atoms with van der Waals surface area (Å²) in [5, 5.41) is 0. The summed E-state index contributed by atoms with van der Waals surface area (Å²) in [7, 11) is 1.59. The Balaban J connectivity index is 2.61. The van der Waals surface area contributed by atoms with Gasteiger partial charge in [-0.15, -0.1) is 0 Å². The first kappa shape index (κ1) is 13.7. The van der Waals surface area contributed by atoms with Crippen molar-refractivity contribution in [3.63, 3.8) is 0 Å². The van der Waals surface area contributed by atoms with Crippen molar-refractivity contribution in [1.29, 1.82) is 0 Å². The maximum absolute atomic E-state index is 12.8. The van der Waals surface area contributed by atoms with E-state index in [1.165, 1.54) is 11.8 Å². The number of piperidine rings is 1. The Bertz CT molecular complexity index is 213. The van der Waals surface area contributed by atoms with Crippen LogP contribution in [0.4, 0.5) is 13.2 Å². The number of methoxy groups -OCH3 is 1. The fraction of sp³-hybridized carbons (Fsp3) is 1.00. The van der Waals surface area contributed by atoms with Crippen molar-refractivity contribution in [2.75, 3.05) is 20.2 Å². The molecule has 1 rings (SSSR count). The van der Waals surface area contributed by atoms with Crippen LogP contribution >= 0.6 is 0 Å². The van der Waals surface area contributed by atoms with Gasteiger partial charge in [0.05, 0.1) is 6.10 Å². The quantitative estimate of drug-likeness (QED) is 0.810. The molecule has 3 nitrogen and oxygen atoms in total. The van der Waals surface area contributed by atoms with E-state index in [4.69, 9.17) is 10.5 Å². The molecule has 0 spiro atoms. The molecule has 0 aromatic carbocycles. The highest BCUT2D eigenvalue weighted by Crippen LogP contribution is 2.29. The van der Waals surface area contributed by atoms with Crippen LogP contribution in [-0.4, -0.2) is 49.5 Å². The summed E-state index contributed by atoms with van der Waals surface area (Å²) in [6.45, 7) is 2.19. The molecule has 0 radical (unpaired) electrons. The van der Waals surface area contributed by atoms with E-state index in [2.05, 4.69) is 0 Å². The van der Waals surface area contributed by atoms with Crippen molar-refractivity contribution in [1.82, 2.24) is 4.90 Å². The molecular formula is C10H19F3N2O. The Kier molecular flexibility index (Phi) is 4.58. The summed E-state index contributed by atoms with van der Waals surface area (Å²) >= 11 is 0. The first-order valence-electron chi connectivity index (χ1n) is 5.45. The van der Waals surface area contributed by atoms with Crippen molar-refractivity contribution in [3.8, 4) is 0 Å². The van der Waals surface area contributed by atoms with Crippen molar-refractivity contribution in [2.24, 2.45) is 5.73 Å². The van der Waals surface area contributed by atoms with Crippen LogP contribution in [0.15, 0.2) is 0 Å². The summed E-state index contributed by atoms with van der Waals surface area (Å²) in [6.07, 6.45) is -2.90. The number of alkyl halides is 3. The fourth-order valence-corrected chi connectivity index (χ4v) is 2.23. The minimum absolute atomic E-state index is 0.0817. The van der Waals surface area contributed by atoms with E-state index >= 15 is 0 Å². The Morgan fingerprint density at radius 2 is 1.81 bits per heavy atom. The number of rotatable bonds is 3. The first-order chi connectivity index (χ1) is 7.36. The number of ether oxygens (including phenoxy) is 1. The second kappa shape index (κ2) is 5.33. The fourth-order valence-electron chi connectivity index (χ4n) is 2.23. The number of likely N-dealkylation sites (tertiary alicyclic amines) is 1. The molecule has 2 atom stereocenters. The standard InChI is InChI=1S/C10H19F3N2O/c1-7(14)9(10(11,12)13)15-5-3-8(16-2)4-6-15/h7-9H,3-6,14H2,1-2H3. The third-order valence-electron chi connectivity index (χ3n) is 3.04. The number of hydrogen-bond acceptors (Lipinski definition) is 3. The zero-order chi connectivity index (χ0) is 12.3. The topological polar surface area (TPSA) is 38.5 Å². The van der Waals surface area contributed by atoms with E-state index < -0.39 is 18.3 Å². The van der Waals surface area contributed by atoms with Gasteiger partial charge in [0.25, 0.3) is 0 Å². The molecule has 2 N–H and O–H groups in total. The average molecular weight is 240 g/mol. The van der Waals surface area contributed by atoms with Crippen LogP contribution in [0.1, 0.15) is 19.8 Å². The zero-order valence-electron chi connectivity index (χ0n) is 9.63. The lowest BCUT2D eigenvalue weighted by Gasteiger charge is -2.39. The Hall–Kier alpha value is -0.330. The molecular weight excluding hydrogens is 221 g/mol. The summed E-state index contributed by atoms with van der Waals surface area (Å²) < 4.78 is 43.5. The second-order valence-electron chi connectivity index (χ2n) is 4.32. The molecule has 16 heavy (non-hydrogen) atoms. The normalized spacial score (nSPS) is 24.4. The molecule has 96 valence electrons. The van der Waals surface area contributed by atoms with Gasteiger partial charge in [0.15, 0.2) is 0 Å². The van der Waals surface area contributed by atoms with Crippen LogP contribution in [0.2, 0.25) is 0 Å². The third-order valence-corrected chi connectivity index (χ3v) is 3.04. The van der Waals surface area contributed by atoms with Gasteiger partial charge in [0, 0.05) is 26.2 Å². The second-order valence-corrected chi connectivity index (χ2v) is 4.32. The molecule has 1 aliphatic rings. The van der Waals surface area contributed by atoms with Crippen LogP contribution in [0, 0.1) is 0 Å². The molecule has 0 aromatic heterocycles. The van der Waals surface area contributed by atoms with Gasteiger partial charge < -0.3 is 10.5 Å². The molecule has 2 unspecified atom stereocenters. The van der Waals surface area contributed by atoms with Gasteiger partial charge in [0.2, 0.25) is 0 Å². The minimum atomic E-state index is -4.26. The van der Waals surface area contributed by atoms with Crippen LogP contribution in [0.3, 0.4) is 0 Å². The highest BCUT2D eigenvalue weighted by atomic mass is 19.4. The lowest BCUT2D eigenvalue weighted by molar-refractivity contribution is -0.193. The summed E-state index contributed by atoms with van der Waals surface area (Å²) in [6, 6.07) is -2.44. The lowest BCUT2D eigenvalue weighted by atomic mass is 10.0. The van der Waals surface area contributed by atoms with E-state index in [0.717, 1.165) is 0 Å². The number of hydrogen-bond donors (Lipinski definition) is 1. The zero-order valence-corrected chi connectivity index (χ0v) is 9.63. The van der Waals surface area contributed by atoms with Crippen LogP contribution in [0.5, 0.6) is 0 Å². The van der Waals surface area contributed by atoms with Crippen molar-refractivity contribution < 1.29 is 17.9 Å². The van der Waals surface area contributed by atoms with Gasteiger partial charge in [0.1, 0.15) is 6.04 Å². The van der Waals surface area contributed by atoms with Gasteiger partial charge in [-0.1, -0.05) is 0 Å². The largest absolute Gasteiger partial charge is 0.405 e. The Labute approximate surface area is 93.7 Å². The average Bonchev–Trinajstić information content (AvgIpc) is 2.16. The first-order valence-corrected chi connectivity index (χ1v) is 5.45. The highest BCUT2D eigenvalue weighted by molar-refractivity contribution is 4.88. The van der Waals surface area contributed by atoms with Gasteiger partial charge in [-0.3, -0.25) is 4.90 Å². The molecule has 0 bridgehead atoms. The predicted molar refractivity (Wildman–Crippen MR) is 55.1 cm³/mol. The van der Waals surface area contributed by atoms with E-state index in [1.807, 2.05) is 0 Å². The van der Waals surface area contributed by atoms with E-state index in [1.54, 1.807) is 7.11 Å². The summed E-state index contributed by atoms with van der Waals surface area (Å²) in [5.74, 6) is 0. The maximum atomic E-state index is 12.8. The maximum Gasteiger partial charge on any atom is 0.405 e. The van der Waals surface area contributed by atoms with Gasteiger partial charge in [-0.05, 0) is 19.8 Å². The summed E-state index contributed by atoms with van der Waals surface area (Å²) in [5.41, 5.74) is 5.43. The van der Waals surface area contributed by atoms with Crippen LogP contribution in [0.25, 0.3) is 0 Å². The molecule has 0 aliphatic carbocycles. The monoisotopic (exact) mass is 240 g/mol. The number of halogens is 3. The summed E-state index contributed by atoms with van der Waals surface area (Å²) in [4.78, 5) is 1.42. The molecule has 0 aromatic rings. The predicted octanol–water partition coefficient (Wildman–Crippen LogP) is 1.38. The number of nitrogens with two attached hydrogens (primary N) is 1. The molecule has 0 amide bonds. The third kappa shape index (κ3) is 3.33. The lowest BCUT2D eigenvalue weighted by Crippen LogP contribution is -2.57. The van der Waals surface area contributed by atoms with Crippen molar-refractivity contribution >= 4 is 0 Å². The SMILES string of the molecule is COC1CCN(C(C(C)N)C(F)(F)F)CC1. The molecule has 0 saturated carbocycles. The Morgan fingerprint density at radius 3 is 2.12 bits per heavy atom. The van der Waals surface area contributed by atoms with Crippen LogP contribution in [-0.2, 0) is 4.74 Å². The van der Waals surface area contributed by atoms with Crippen molar-refractivity contribution in [3.05, 3.63) is 0 Å². The van der Waals surface area contributed by atoms with E-state index in [-0.39, 0.29) is 6.10 Å².